The molecular formula is C20H35N3O2. The molecule has 0 aliphatic heterocycles. The molecular weight excluding hydrogens is 314 g/mol. The van der Waals surface area contributed by atoms with Crippen LogP contribution in [0.2, 0.25) is 0 Å². The van der Waals surface area contributed by atoms with Gasteiger partial charge in [-0.25, -0.2) is 4.59 Å². The maximum absolute atomic E-state index is 12.1. The number of aromatic nitrogens is 1. The standard InChI is InChI=1S/C20H35N3O2/c1-4-5-6-7-8-9-10-11-14-18(24)17-23(2,3)22-20(25)19-15-12-13-16-21-19/h12-13,15-16,18,24H,4-11,14,17H2,1-3H3. The van der Waals surface area contributed by atoms with Gasteiger partial charge < -0.3 is 10.2 Å². The lowest BCUT2D eigenvalue weighted by Gasteiger charge is -2.27. The van der Waals surface area contributed by atoms with Crippen molar-refractivity contribution in [1.82, 2.24) is 4.98 Å². The second-order valence-electron chi connectivity index (χ2n) is 7.34. The molecule has 1 unspecified atom stereocenters. The minimum atomic E-state index is -0.435. The molecule has 0 fully saturated rings. The summed E-state index contributed by atoms with van der Waals surface area (Å²) in [6, 6.07) is 5.19. The molecule has 1 aromatic rings. The molecule has 0 spiro atoms. The molecule has 0 bridgehead atoms. The Bertz CT molecular complexity index is 489. The van der Waals surface area contributed by atoms with Gasteiger partial charge in [-0.1, -0.05) is 69.5 Å². The molecule has 1 N–H and O–H groups in total. The van der Waals surface area contributed by atoms with Gasteiger partial charge in [0, 0.05) is 6.20 Å². The number of aliphatic hydroxyl groups is 1. The van der Waals surface area contributed by atoms with E-state index in [-0.39, 0.29) is 10.5 Å². The quantitative estimate of drug-likeness (QED) is 0.196. The molecule has 0 saturated heterocycles. The molecule has 0 amide bonds. The molecule has 1 rings (SSSR count). The topological polar surface area (TPSA) is 68.5 Å². The maximum Gasteiger partial charge on any atom is 0.129 e. The van der Waals surface area contributed by atoms with Gasteiger partial charge in [-0.3, -0.25) is 4.98 Å². The van der Waals surface area contributed by atoms with Crippen LogP contribution in [0.25, 0.3) is 0 Å². The Kier molecular flexibility index (Phi) is 10.3. The van der Waals surface area contributed by atoms with Crippen LogP contribution in [0.4, 0.5) is 0 Å². The lowest BCUT2D eigenvalue weighted by molar-refractivity contribution is -0.901. The predicted molar refractivity (Wildman–Crippen MR) is 101 cm³/mol. The Morgan fingerprint density at radius 1 is 1.12 bits per heavy atom. The summed E-state index contributed by atoms with van der Waals surface area (Å²) in [5.41, 5.74) is 0.339. The Morgan fingerprint density at radius 2 is 1.76 bits per heavy atom. The van der Waals surface area contributed by atoms with Gasteiger partial charge in [0.2, 0.25) is 0 Å². The molecule has 1 atom stereocenters. The van der Waals surface area contributed by atoms with Gasteiger partial charge in [-0.2, -0.15) is 0 Å². The maximum atomic E-state index is 12.1. The lowest BCUT2D eigenvalue weighted by Crippen LogP contribution is -2.43. The van der Waals surface area contributed by atoms with Crippen molar-refractivity contribution in [1.29, 1.82) is 0 Å². The molecule has 0 saturated carbocycles. The van der Waals surface area contributed by atoms with Crippen LogP contribution in [0.3, 0.4) is 0 Å². The number of aliphatic hydroxyl groups excluding tert-OH is 1. The lowest BCUT2D eigenvalue weighted by atomic mass is 10.1. The van der Waals surface area contributed by atoms with Crippen molar-refractivity contribution in [3.05, 3.63) is 30.1 Å². The van der Waals surface area contributed by atoms with Gasteiger partial charge in [-0.15, -0.1) is 0 Å². The van der Waals surface area contributed by atoms with Crippen molar-refractivity contribution in [3.63, 3.8) is 0 Å². The van der Waals surface area contributed by atoms with Gasteiger partial charge in [-0.05, 0) is 18.6 Å². The number of hydrogen-bond donors (Lipinski definition) is 1. The van der Waals surface area contributed by atoms with Crippen molar-refractivity contribution < 1.29 is 14.8 Å². The summed E-state index contributed by atoms with van der Waals surface area (Å²) in [6.45, 7) is 2.67. The molecule has 142 valence electrons. The minimum absolute atomic E-state index is 0.119. The third kappa shape index (κ3) is 10.2. The summed E-state index contributed by atoms with van der Waals surface area (Å²) in [6.07, 6.45) is 12.0. The number of hydrogen-bond acceptors (Lipinski definition) is 4. The fourth-order valence-electron chi connectivity index (χ4n) is 2.95. The average Bonchev–Trinajstić information content (AvgIpc) is 2.57. The molecule has 0 aliphatic rings. The Balaban J connectivity index is 2.27. The predicted octanol–water partition coefficient (Wildman–Crippen LogP) is 3.07. The minimum Gasteiger partial charge on any atom is -0.853 e. The van der Waals surface area contributed by atoms with Crippen LogP contribution in [0, 0.1) is 0 Å². The molecule has 0 aliphatic carbocycles. The smallest absolute Gasteiger partial charge is 0.129 e. The van der Waals surface area contributed by atoms with Gasteiger partial charge in [0.25, 0.3) is 0 Å². The number of rotatable bonds is 13. The molecule has 0 radical (unpaired) electrons. The van der Waals surface area contributed by atoms with Gasteiger partial charge in [0.1, 0.15) is 12.6 Å². The molecule has 5 nitrogen and oxygen atoms in total. The highest BCUT2D eigenvalue weighted by molar-refractivity contribution is 5.87. The van der Waals surface area contributed by atoms with Crippen LogP contribution in [0.1, 0.15) is 70.4 Å². The zero-order chi connectivity index (χ0) is 18.5. The first-order valence-electron chi connectivity index (χ1n) is 9.64. The summed E-state index contributed by atoms with van der Waals surface area (Å²) in [7, 11) is 3.66. The van der Waals surface area contributed by atoms with Gasteiger partial charge in [0.05, 0.1) is 25.7 Å². The zero-order valence-electron chi connectivity index (χ0n) is 16.2. The Morgan fingerprint density at radius 3 is 2.36 bits per heavy atom. The Hall–Kier alpha value is -1.46. The fourth-order valence-corrected chi connectivity index (χ4v) is 2.95. The van der Waals surface area contributed by atoms with Crippen molar-refractivity contribution in [2.45, 2.75) is 70.8 Å². The van der Waals surface area contributed by atoms with Crippen molar-refractivity contribution in [2.24, 2.45) is 5.10 Å². The molecule has 1 heterocycles. The summed E-state index contributed by atoms with van der Waals surface area (Å²) >= 11 is 0. The summed E-state index contributed by atoms with van der Waals surface area (Å²) < 4.78 is 0.119. The van der Waals surface area contributed by atoms with Crippen LogP contribution in [0.5, 0.6) is 0 Å². The second-order valence-corrected chi connectivity index (χ2v) is 7.34. The first-order valence-corrected chi connectivity index (χ1v) is 9.64. The Labute approximate surface area is 153 Å². The van der Waals surface area contributed by atoms with Crippen molar-refractivity contribution in [3.8, 4) is 0 Å². The molecule has 25 heavy (non-hydrogen) atoms. The third-order valence-electron chi connectivity index (χ3n) is 4.29. The van der Waals surface area contributed by atoms with Crippen LogP contribution in [-0.2, 0) is 0 Å². The third-order valence-corrected chi connectivity index (χ3v) is 4.29. The first-order chi connectivity index (χ1) is 11.9. The zero-order valence-corrected chi connectivity index (χ0v) is 16.2. The summed E-state index contributed by atoms with van der Waals surface area (Å²) in [4.78, 5) is 4.02. The number of unbranched alkanes of at least 4 members (excludes halogenated alkanes) is 7. The van der Waals surface area contributed by atoms with Gasteiger partial charge >= 0.3 is 0 Å². The van der Waals surface area contributed by atoms with Crippen LogP contribution >= 0.6 is 0 Å². The van der Waals surface area contributed by atoms with Crippen LogP contribution in [0.15, 0.2) is 29.5 Å². The van der Waals surface area contributed by atoms with E-state index in [0.717, 1.165) is 12.8 Å². The molecule has 0 aromatic carbocycles. The highest BCUT2D eigenvalue weighted by Crippen LogP contribution is 2.12. The summed E-state index contributed by atoms with van der Waals surface area (Å²) in [5, 5.41) is 26.5. The number of nitrogens with zero attached hydrogens (tertiary/aromatic N) is 3. The van der Waals surface area contributed by atoms with Crippen molar-refractivity contribution in [2.75, 3.05) is 20.6 Å². The van der Waals surface area contributed by atoms with E-state index in [0.29, 0.717) is 12.2 Å². The highest BCUT2D eigenvalue weighted by atomic mass is 16.3. The van der Waals surface area contributed by atoms with E-state index in [9.17, 15) is 10.2 Å². The largest absolute Gasteiger partial charge is 0.853 e. The molecule has 1 aromatic heterocycles. The first kappa shape index (κ1) is 21.6. The van der Waals surface area contributed by atoms with Crippen LogP contribution in [-0.4, -0.2) is 47.3 Å². The highest BCUT2D eigenvalue weighted by Gasteiger charge is 2.20. The second kappa shape index (κ2) is 12.0. The monoisotopic (exact) mass is 349 g/mol. The summed E-state index contributed by atoms with van der Waals surface area (Å²) in [5.74, 6) is -0.343. The number of pyridine rings is 1. The van der Waals surface area contributed by atoms with E-state index in [1.54, 1.807) is 24.4 Å². The van der Waals surface area contributed by atoms with E-state index in [1.807, 2.05) is 14.1 Å². The fraction of sp³-hybridized carbons (Fsp3) is 0.700. The average molecular weight is 350 g/mol. The van der Waals surface area contributed by atoms with Crippen LogP contribution < -0.4 is 5.11 Å². The normalized spacial score (nSPS) is 13.8. The van der Waals surface area contributed by atoms with E-state index < -0.39 is 6.10 Å². The van der Waals surface area contributed by atoms with E-state index in [4.69, 9.17) is 0 Å². The SMILES string of the molecule is CCCCCCCCCCC(O)C[N+](C)(C)/N=C(\[O-])c1ccccn1. The van der Waals surface area contributed by atoms with E-state index >= 15 is 0 Å². The van der Waals surface area contributed by atoms with E-state index in [1.165, 1.54) is 44.9 Å². The van der Waals surface area contributed by atoms with Crippen molar-refractivity contribution >= 4 is 5.90 Å². The van der Waals surface area contributed by atoms with E-state index in [2.05, 4.69) is 17.0 Å². The number of quaternary nitrogens is 1. The van der Waals surface area contributed by atoms with Gasteiger partial charge in [0.15, 0.2) is 0 Å². The molecule has 5 heteroatoms. The number of likely N-dealkylation sites (N-methyl/N-ethyl adjacent to an activating group) is 1.